The van der Waals surface area contributed by atoms with Crippen molar-refractivity contribution in [1.29, 1.82) is 0 Å². The third-order valence-corrected chi connectivity index (χ3v) is 1.29. The van der Waals surface area contributed by atoms with Crippen LogP contribution in [0.25, 0.3) is 0 Å². The second-order valence-corrected chi connectivity index (χ2v) is 1.85. The quantitative estimate of drug-likeness (QED) is 0.356. The second-order valence-electron chi connectivity index (χ2n) is 1.19. The van der Waals surface area contributed by atoms with E-state index < -0.39 is 0 Å². The van der Waals surface area contributed by atoms with Gasteiger partial charge in [-0.05, 0) is 0 Å². The van der Waals surface area contributed by atoms with Crippen LogP contribution in [0.2, 0.25) is 0 Å². The molecule has 0 spiro atoms. The van der Waals surface area contributed by atoms with Gasteiger partial charge in [0, 0.05) is 0 Å². The van der Waals surface area contributed by atoms with Crippen LogP contribution in [0.1, 0.15) is 0 Å². The molecule has 1 aliphatic rings. The Morgan fingerprint density at radius 2 is 2.25 bits per heavy atom. The van der Waals surface area contributed by atoms with Gasteiger partial charge in [0.2, 0.25) is 0 Å². The Kier molecular flexibility index (Phi) is 2.71. The van der Waals surface area contributed by atoms with Crippen molar-refractivity contribution in [2.45, 2.75) is 0 Å². The van der Waals surface area contributed by atoms with Gasteiger partial charge in [0.1, 0.15) is 4.86 Å². The van der Waals surface area contributed by atoms with Crippen LogP contribution in [0.4, 0.5) is 0 Å². The maximum Gasteiger partial charge on any atom is 0.262 e. The van der Waals surface area contributed by atoms with Crippen LogP contribution in [-0.4, -0.2) is 21.5 Å². The molecule has 3 nitrogen and oxygen atoms in total. The average Bonchev–Trinajstić information content (AvgIpc) is 1.65. The number of carbonyl (C=O) groups excluding carboxylic acids is 1. The fourth-order valence-corrected chi connectivity index (χ4v) is 0.579. The molecule has 46 valence electrons. The second kappa shape index (κ2) is 2.84. The lowest BCUT2D eigenvalue weighted by Crippen LogP contribution is -2.49. The van der Waals surface area contributed by atoms with Gasteiger partial charge in [0.25, 0.3) is 5.91 Å². The third-order valence-electron chi connectivity index (χ3n) is 0.763. The van der Waals surface area contributed by atoms with Crippen molar-refractivity contribution in [3.05, 3.63) is 0 Å². The van der Waals surface area contributed by atoms with E-state index in [-0.39, 0.29) is 29.6 Å². The molecule has 1 heterocycles. The number of carbonyl (C=O) groups is 1. The number of nitrogens with one attached hydrogen (secondary N) is 1. The molecule has 1 rings (SSSR count). The van der Waals surface area contributed by atoms with Crippen LogP contribution in [0, 0.1) is 0 Å². The van der Waals surface area contributed by atoms with Crippen molar-refractivity contribution >= 4 is 34.4 Å². The molecule has 0 aromatic heterocycles. The van der Waals surface area contributed by atoms with Crippen molar-refractivity contribution in [1.82, 2.24) is 5.32 Å². The molecule has 1 saturated heterocycles. The average molecular weight is 154 g/mol. The lowest BCUT2D eigenvalue weighted by Gasteiger charge is -2.11. The van der Waals surface area contributed by atoms with Crippen molar-refractivity contribution in [2.75, 3.05) is 6.54 Å². The molecule has 0 aromatic rings. The molecule has 0 radical (unpaired) electrons. The van der Waals surface area contributed by atoms with Gasteiger partial charge in [-0.2, -0.15) is 0 Å². The van der Waals surface area contributed by atoms with E-state index in [1.165, 1.54) is 0 Å². The summed E-state index contributed by atoms with van der Waals surface area (Å²) in [6.45, 7) is 0.465. The van der Waals surface area contributed by atoms with Crippen LogP contribution < -0.4 is 5.32 Å². The van der Waals surface area contributed by atoms with E-state index >= 15 is 0 Å². The van der Waals surface area contributed by atoms with E-state index in [1.54, 1.807) is 0 Å². The Bertz CT molecular complexity index is 163. The van der Waals surface area contributed by atoms with Gasteiger partial charge in [-0.3, -0.25) is 4.79 Å². The lowest BCUT2D eigenvalue weighted by atomic mass is 10.3. The Morgan fingerprint density at radius 1 is 1.62 bits per heavy atom. The number of halogens is 1. The first kappa shape index (κ1) is 7.65. The van der Waals surface area contributed by atoms with Crippen LogP contribution in [0.5, 0.6) is 0 Å². The molecule has 1 amide bonds. The van der Waals surface area contributed by atoms with Gasteiger partial charge in [-0.1, -0.05) is 0 Å². The highest BCUT2D eigenvalue weighted by Gasteiger charge is 2.19. The van der Waals surface area contributed by atoms with E-state index in [1.807, 2.05) is 0 Å². The minimum atomic E-state index is -0.208. The van der Waals surface area contributed by atoms with Crippen molar-refractivity contribution in [2.24, 2.45) is 0 Å². The topological polar surface area (TPSA) is 46.2 Å². The zero-order chi connectivity index (χ0) is 5.28. The Labute approximate surface area is 55.9 Å². The maximum absolute atomic E-state index is 10.1. The molecule has 1 aliphatic heterocycles. The molecule has 0 bridgehead atoms. The lowest BCUT2D eigenvalue weighted by molar-refractivity contribution is -0.116. The standard InChI is InChI=1S/C3H3NO2S.ClH/c5-3-2(7-6)1-4-3;/h1H2,(H,4,5);1H. The molecule has 0 aliphatic carbocycles. The number of hydrogen-bond acceptors (Lipinski definition) is 2. The van der Waals surface area contributed by atoms with Crippen LogP contribution >= 0.6 is 12.4 Å². The van der Waals surface area contributed by atoms with E-state index in [2.05, 4.69) is 5.32 Å². The van der Waals surface area contributed by atoms with Gasteiger partial charge in [-0.25, -0.2) is 4.21 Å². The zero-order valence-electron chi connectivity index (χ0n) is 3.84. The van der Waals surface area contributed by atoms with E-state index in [0.717, 1.165) is 0 Å². The third kappa shape index (κ3) is 1.08. The van der Waals surface area contributed by atoms with Crippen LogP contribution in [0.3, 0.4) is 0 Å². The molecule has 0 aromatic carbocycles. The summed E-state index contributed by atoms with van der Waals surface area (Å²) in [6, 6.07) is 0. The highest BCUT2D eigenvalue weighted by atomic mass is 35.5. The fraction of sp³-hybridized carbons (Fsp3) is 0.333. The summed E-state index contributed by atoms with van der Waals surface area (Å²) in [5.41, 5.74) is 0. The van der Waals surface area contributed by atoms with Gasteiger partial charge < -0.3 is 5.32 Å². The summed E-state index contributed by atoms with van der Waals surface area (Å²) in [6.07, 6.45) is 0. The van der Waals surface area contributed by atoms with E-state index in [9.17, 15) is 9.00 Å². The van der Waals surface area contributed by atoms with Gasteiger partial charge in [0.05, 0.1) is 17.8 Å². The van der Waals surface area contributed by atoms with Crippen LogP contribution in [-0.2, 0) is 16.1 Å². The summed E-state index contributed by atoms with van der Waals surface area (Å²) >= 11 is 0.274. The summed E-state index contributed by atoms with van der Waals surface area (Å²) in [4.78, 5) is 10.5. The largest absolute Gasteiger partial charge is 0.346 e. The predicted molar refractivity (Wildman–Crippen MR) is 33.4 cm³/mol. The van der Waals surface area contributed by atoms with Gasteiger partial charge in [-0.15, -0.1) is 12.4 Å². The zero-order valence-corrected chi connectivity index (χ0v) is 5.47. The molecule has 1 fully saturated rings. The fourth-order valence-electron chi connectivity index (χ4n) is 0.300. The SMILES string of the molecule is Cl.O=S=C1CNC1=O. The van der Waals surface area contributed by atoms with E-state index in [4.69, 9.17) is 0 Å². The van der Waals surface area contributed by atoms with Crippen molar-refractivity contribution in [3.63, 3.8) is 0 Å². The molecule has 0 saturated carbocycles. The minimum Gasteiger partial charge on any atom is -0.346 e. The number of amides is 1. The highest BCUT2D eigenvalue weighted by Crippen LogP contribution is 1.81. The summed E-state index contributed by atoms with van der Waals surface area (Å²) in [7, 11) is 0. The van der Waals surface area contributed by atoms with Crippen molar-refractivity contribution in [3.8, 4) is 0 Å². The Balaban J connectivity index is 0.000000490. The summed E-state index contributed by atoms with van der Waals surface area (Å²) < 4.78 is 9.74. The molecule has 5 heteroatoms. The van der Waals surface area contributed by atoms with Crippen LogP contribution in [0.15, 0.2) is 0 Å². The number of β-lactam (4-membered cyclic amide) rings is 1. The molecule has 1 N–H and O–H groups in total. The number of rotatable bonds is 0. The Hall–Kier alpha value is -0.350. The normalized spacial score (nSPS) is 15.5. The summed E-state index contributed by atoms with van der Waals surface area (Å²) in [5, 5.41) is 2.41. The molecular weight excluding hydrogens is 150 g/mol. The predicted octanol–water partition coefficient (Wildman–Crippen LogP) is -1.08. The first-order chi connectivity index (χ1) is 3.34. The molecule has 0 unspecified atom stereocenters. The minimum absolute atomic E-state index is 0. The van der Waals surface area contributed by atoms with Gasteiger partial charge >= 0.3 is 0 Å². The van der Waals surface area contributed by atoms with Crippen molar-refractivity contribution < 1.29 is 9.00 Å². The molecule has 8 heavy (non-hydrogen) atoms. The highest BCUT2D eigenvalue weighted by molar-refractivity contribution is 7.69. The summed E-state index contributed by atoms with van der Waals surface area (Å²) in [5.74, 6) is -0.208. The smallest absolute Gasteiger partial charge is 0.262 e. The first-order valence-electron chi connectivity index (χ1n) is 1.78. The monoisotopic (exact) mass is 153 g/mol. The maximum atomic E-state index is 10.1. The van der Waals surface area contributed by atoms with Gasteiger partial charge in [0.15, 0.2) is 0 Å². The first-order valence-corrected chi connectivity index (χ1v) is 2.52. The number of hydrogen-bond donors (Lipinski definition) is 1. The molecular formula is C3H4ClNO2S. The van der Waals surface area contributed by atoms with E-state index in [0.29, 0.717) is 11.4 Å². The Morgan fingerprint density at radius 3 is 2.25 bits per heavy atom. The molecule has 0 atom stereocenters.